The molecule has 0 spiro atoms. The van der Waals surface area contributed by atoms with Gasteiger partial charge in [-0.3, -0.25) is 9.13 Å². The highest BCUT2D eigenvalue weighted by Gasteiger charge is 2.42. The minimum absolute atomic E-state index is 0.163. The van der Waals surface area contributed by atoms with E-state index in [1.165, 1.54) is 0 Å². The summed E-state index contributed by atoms with van der Waals surface area (Å²) in [5.41, 5.74) is 0. The van der Waals surface area contributed by atoms with Gasteiger partial charge in [0, 0.05) is 6.54 Å². The number of unbranched alkanes of at least 4 members (excludes halogenated alkanes) is 2. The minimum Gasteiger partial charge on any atom is -0.450 e. The molecule has 0 aliphatic rings. The molecule has 9 nitrogen and oxygen atoms in total. The van der Waals surface area contributed by atoms with E-state index in [2.05, 4.69) is 5.32 Å². The second kappa shape index (κ2) is 9.56. The van der Waals surface area contributed by atoms with Crippen LogP contribution in [0.1, 0.15) is 39.0 Å². The number of amides is 1. The Labute approximate surface area is 123 Å². The van der Waals surface area contributed by atoms with Gasteiger partial charge in [0.15, 0.2) is 5.40 Å². The normalized spacial score (nSPS) is 12.5. The zero-order chi connectivity index (χ0) is 16.5. The van der Waals surface area contributed by atoms with Crippen LogP contribution >= 0.6 is 15.2 Å². The maximum absolute atomic E-state index is 11.2. The Morgan fingerprint density at radius 3 is 2.14 bits per heavy atom. The maximum Gasteiger partial charge on any atom is 0.407 e. The third-order valence-electron chi connectivity index (χ3n) is 2.67. The molecule has 0 aromatic rings. The van der Waals surface area contributed by atoms with Crippen molar-refractivity contribution < 1.29 is 38.2 Å². The molecule has 11 heteroatoms. The van der Waals surface area contributed by atoms with E-state index in [1.807, 2.05) is 6.92 Å². The van der Waals surface area contributed by atoms with Crippen molar-refractivity contribution in [3.8, 4) is 0 Å². The first-order valence-electron chi connectivity index (χ1n) is 6.60. The van der Waals surface area contributed by atoms with Crippen LogP contribution in [0.25, 0.3) is 0 Å². The fourth-order valence-corrected chi connectivity index (χ4v) is 4.14. The lowest BCUT2D eigenvalue weighted by molar-refractivity contribution is 0.144. The number of rotatable bonds is 10. The smallest absolute Gasteiger partial charge is 0.407 e. The zero-order valence-corrected chi connectivity index (χ0v) is 13.6. The van der Waals surface area contributed by atoms with Crippen LogP contribution in [0, 0.1) is 0 Å². The molecular weight excluding hydrogens is 324 g/mol. The molecule has 0 aliphatic carbocycles. The van der Waals surface area contributed by atoms with Gasteiger partial charge in [-0.2, -0.15) is 0 Å². The molecule has 0 heterocycles. The molecule has 0 unspecified atom stereocenters. The Balaban J connectivity index is 3.95. The molecule has 126 valence electrons. The fourth-order valence-electron chi connectivity index (χ4n) is 1.53. The third-order valence-corrected chi connectivity index (χ3v) is 6.54. The van der Waals surface area contributed by atoms with Gasteiger partial charge in [-0.05, 0) is 19.3 Å². The maximum atomic E-state index is 11.2. The molecule has 0 aliphatic heterocycles. The van der Waals surface area contributed by atoms with Crippen molar-refractivity contribution in [1.29, 1.82) is 0 Å². The lowest BCUT2D eigenvalue weighted by Gasteiger charge is -2.19. The summed E-state index contributed by atoms with van der Waals surface area (Å²) < 4.78 is 26.8. The van der Waals surface area contributed by atoms with Gasteiger partial charge in [0.25, 0.3) is 0 Å². The largest absolute Gasteiger partial charge is 0.450 e. The van der Waals surface area contributed by atoms with E-state index in [0.29, 0.717) is 13.0 Å². The summed E-state index contributed by atoms with van der Waals surface area (Å²) in [6.07, 6.45) is 1.26. The van der Waals surface area contributed by atoms with Gasteiger partial charge >= 0.3 is 21.3 Å². The second-order valence-electron chi connectivity index (χ2n) is 4.57. The molecule has 0 fully saturated rings. The highest BCUT2D eigenvalue weighted by molar-refractivity contribution is 7.70. The SMILES string of the molecule is CCCCOC(=O)NCCCCC(P(=O)(O)O)P(=O)(O)O. The molecule has 1 amide bonds. The molecular formula is C10H23NO8P2. The number of ether oxygens (including phenoxy) is 1. The first kappa shape index (κ1) is 20.6. The van der Waals surface area contributed by atoms with Crippen LogP contribution in [0.15, 0.2) is 0 Å². The molecule has 0 aromatic carbocycles. The van der Waals surface area contributed by atoms with Gasteiger partial charge < -0.3 is 29.6 Å². The Kier molecular flexibility index (Phi) is 9.36. The molecule has 0 bridgehead atoms. The van der Waals surface area contributed by atoms with Crippen LogP contribution < -0.4 is 5.32 Å². The standard InChI is InChI=1S/C10H23NO8P2/c1-2-3-8-19-10(12)11-7-5-4-6-9(20(13,14)15)21(16,17)18/h9H,2-8H2,1H3,(H,11,12)(H2,13,14,15)(H2,16,17,18). The predicted octanol–water partition coefficient (Wildman–Crippen LogP) is 1.36. The summed E-state index contributed by atoms with van der Waals surface area (Å²) in [6, 6.07) is 0. The van der Waals surface area contributed by atoms with E-state index >= 15 is 0 Å². The van der Waals surface area contributed by atoms with Gasteiger partial charge in [0.2, 0.25) is 0 Å². The van der Waals surface area contributed by atoms with Gasteiger partial charge in [0.05, 0.1) is 6.61 Å². The Morgan fingerprint density at radius 1 is 1.10 bits per heavy atom. The average Bonchev–Trinajstić information content (AvgIpc) is 2.30. The average molecular weight is 347 g/mol. The highest BCUT2D eigenvalue weighted by atomic mass is 31.2. The summed E-state index contributed by atoms with van der Waals surface area (Å²) in [6.45, 7) is 2.49. The van der Waals surface area contributed by atoms with Crippen molar-refractivity contribution in [3.05, 3.63) is 0 Å². The third kappa shape index (κ3) is 10.0. The number of carbonyl (C=O) groups is 1. The fraction of sp³-hybridized carbons (Fsp3) is 0.900. The van der Waals surface area contributed by atoms with Crippen LogP contribution in [-0.4, -0.2) is 44.2 Å². The van der Waals surface area contributed by atoms with Crippen LogP contribution in [0.2, 0.25) is 0 Å². The van der Waals surface area contributed by atoms with Crippen molar-refractivity contribution in [2.45, 2.75) is 44.4 Å². The molecule has 0 saturated carbocycles. The van der Waals surface area contributed by atoms with Crippen LogP contribution in [-0.2, 0) is 13.9 Å². The van der Waals surface area contributed by atoms with Crippen molar-refractivity contribution in [2.24, 2.45) is 0 Å². The van der Waals surface area contributed by atoms with Crippen molar-refractivity contribution in [3.63, 3.8) is 0 Å². The van der Waals surface area contributed by atoms with E-state index in [9.17, 15) is 13.9 Å². The van der Waals surface area contributed by atoms with E-state index in [0.717, 1.165) is 12.8 Å². The van der Waals surface area contributed by atoms with Gasteiger partial charge in [-0.15, -0.1) is 0 Å². The summed E-state index contributed by atoms with van der Waals surface area (Å²) >= 11 is 0. The minimum atomic E-state index is -4.86. The second-order valence-corrected chi connectivity index (χ2v) is 8.58. The van der Waals surface area contributed by atoms with Crippen LogP contribution in [0.5, 0.6) is 0 Å². The highest BCUT2D eigenvalue weighted by Crippen LogP contribution is 2.61. The predicted molar refractivity (Wildman–Crippen MR) is 76.0 cm³/mol. The van der Waals surface area contributed by atoms with E-state index in [-0.39, 0.29) is 19.4 Å². The first-order chi connectivity index (χ1) is 9.59. The molecule has 0 rings (SSSR count). The number of hydrogen-bond donors (Lipinski definition) is 5. The van der Waals surface area contributed by atoms with E-state index in [4.69, 9.17) is 24.3 Å². The molecule has 5 N–H and O–H groups in total. The topological polar surface area (TPSA) is 153 Å². The Bertz CT molecular complexity index is 382. The number of alkyl carbamates (subject to hydrolysis) is 1. The van der Waals surface area contributed by atoms with Crippen molar-refractivity contribution >= 4 is 21.3 Å². The van der Waals surface area contributed by atoms with E-state index < -0.39 is 26.7 Å². The molecule has 0 atom stereocenters. The summed E-state index contributed by atoms with van der Waals surface area (Å²) in [5.74, 6) is 0. The lowest BCUT2D eigenvalue weighted by atomic mass is 10.2. The quantitative estimate of drug-likeness (QED) is 0.293. The summed E-state index contributed by atoms with van der Waals surface area (Å²) in [7, 11) is -9.72. The molecule has 0 saturated heterocycles. The lowest BCUT2D eigenvalue weighted by Crippen LogP contribution is -2.25. The van der Waals surface area contributed by atoms with Crippen LogP contribution in [0.3, 0.4) is 0 Å². The molecule has 21 heavy (non-hydrogen) atoms. The summed E-state index contributed by atoms with van der Waals surface area (Å²) in [4.78, 5) is 46.8. The van der Waals surface area contributed by atoms with Crippen LogP contribution in [0.4, 0.5) is 4.79 Å². The monoisotopic (exact) mass is 347 g/mol. The Morgan fingerprint density at radius 2 is 1.67 bits per heavy atom. The van der Waals surface area contributed by atoms with Gasteiger partial charge in [-0.25, -0.2) is 4.79 Å². The van der Waals surface area contributed by atoms with E-state index in [1.54, 1.807) is 0 Å². The van der Waals surface area contributed by atoms with Gasteiger partial charge in [0.1, 0.15) is 0 Å². The zero-order valence-electron chi connectivity index (χ0n) is 11.8. The molecule has 0 aromatic heterocycles. The Hall–Kier alpha value is -0.430. The number of carbonyl (C=O) groups excluding carboxylic acids is 1. The first-order valence-corrected chi connectivity index (χ1v) is 9.96. The van der Waals surface area contributed by atoms with Crippen molar-refractivity contribution in [2.75, 3.05) is 13.2 Å². The van der Waals surface area contributed by atoms with Gasteiger partial charge in [-0.1, -0.05) is 19.8 Å². The number of nitrogens with one attached hydrogen (secondary N) is 1. The summed E-state index contributed by atoms with van der Waals surface area (Å²) in [5, 5.41) is 0.459. The molecule has 0 radical (unpaired) electrons. The number of hydrogen-bond acceptors (Lipinski definition) is 4. The van der Waals surface area contributed by atoms with Crippen molar-refractivity contribution in [1.82, 2.24) is 5.32 Å².